The summed E-state index contributed by atoms with van der Waals surface area (Å²) in [5.74, 6) is -0.286. The van der Waals surface area contributed by atoms with E-state index in [2.05, 4.69) is 20.4 Å². The number of fused-ring (bicyclic) bond motifs is 1. The summed E-state index contributed by atoms with van der Waals surface area (Å²) in [4.78, 5) is 19.4. The molecular formula is C14H13N5O2. The fraction of sp³-hybridized carbons (Fsp3) is 0.143. The van der Waals surface area contributed by atoms with E-state index in [0.29, 0.717) is 18.1 Å². The number of carbonyl (C=O) groups is 1. The molecule has 0 radical (unpaired) electrons. The summed E-state index contributed by atoms with van der Waals surface area (Å²) in [5.41, 5.74) is 2.62. The number of hydrogen-bond donors (Lipinski definition) is 2. The maximum atomic E-state index is 10.9. The van der Waals surface area contributed by atoms with E-state index in [1.165, 1.54) is 18.3 Å². The highest BCUT2D eigenvalue weighted by Gasteiger charge is 2.07. The molecule has 3 aromatic rings. The first-order valence-corrected chi connectivity index (χ1v) is 6.36. The third-order valence-electron chi connectivity index (χ3n) is 3.01. The van der Waals surface area contributed by atoms with Crippen molar-refractivity contribution in [2.45, 2.75) is 13.5 Å². The summed E-state index contributed by atoms with van der Waals surface area (Å²) in [6, 6.07) is 4.93. The van der Waals surface area contributed by atoms with Gasteiger partial charge in [0.15, 0.2) is 5.82 Å². The first-order valence-electron chi connectivity index (χ1n) is 6.36. The second kappa shape index (κ2) is 5.20. The van der Waals surface area contributed by atoms with Crippen molar-refractivity contribution < 1.29 is 9.90 Å². The van der Waals surface area contributed by atoms with Gasteiger partial charge in [0.05, 0.1) is 23.5 Å². The van der Waals surface area contributed by atoms with Crippen LogP contribution in [0.4, 0.5) is 5.82 Å². The van der Waals surface area contributed by atoms with E-state index in [1.807, 2.05) is 13.0 Å². The molecule has 0 aliphatic carbocycles. The molecule has 7 nitrogen and oxygen atoms in total. The zero-order valence-electron chi connectivity index (χ0n) is 11.3. The van der Waals surface area contributed by atoms with Gasteiger partial charge in [-0.05, 0) is 25.1 Å². The number of nitrogens with one attached hydrogen (secondary N) is 1. The summed E-state index contributed by atoms with van der Waals surface area (Å²) in [7, 11) is 0. The Morgan fingerprint density at radius 3 is 3.00 bits per heavy atom. The molecule has 7 heteroatoms. The molecule has 3 heterocycles. The molecule has 0 aromatic carbocycles. The lowest BCUT2D eigenvalue weighted by atomic mass is 10.2. The van der Waals surface area contributed by atoms with Gasteiger partial charge in [0.2, 0.25) is 0 Å². The van der Waals surface area contributed by atoms with E-state index >= 15 is 0 Å². The predicted molar refractivity (Wildman–Crippen MR) is 76.2 cm³/mol. The Labute approximate surface area is 120 Å². The molecule has 106 valence electrons. The number of aromatic nitrogens is 4. The fourth-order valence-corrected chi connectivity index (χ4v) is 2.06. The van der Waals surface area contributed by atoms with Gasteiger partial charge in [0.1, 0.15) is 5.52 Å². The maximum absolute atomic E-state index is 10.9. The molecule has 0 spiro atoms. The Morgan fingerprint density at radius 2 is 2.19 bits per heavy atom. The number of aryl methyl sites for hydroxylation is 1. The molecule has 0 unspecified atom stereocenters. The number of aromatic carboxylic acids is 1. The average Bonchev–Trinajstić information content (AvgIpc) is 2.86. The van der Waals surface area contributed by atoms with Crippen molar-refractivity contribution in [3.8, 4) is 0 Å². The number of carboxylic acid groups (broad SMARTS) is 1. The zero-order chi connectivity index (χ0) is 14.8. The van der Waals surface area contributed by atoms with Gasteiger partial charge in [0, 0.05) is 18.6 Å². The van der Waals surface area contributed by atoms with Gasteiger partial charge >= 0.3 is 5.97 Å². The lowest BCUT2D eigenvalue weighted by Gasteiger charge is -2.06. The van der Waals surface area contributed by atoms with E-state index < -0.39 is 5.97 Å². The van der Waals surface area contributed by atoms with Gasteiger partial charge in [-0.3, -0.25) is 4.98 Å². The molecule has 0 bridgehead atoms. The largest absolute Gasteiger partial charge is 0.478 e. The predicted octanol–water partition coefficient (Wildman–Crippen LogP) is 1.74. The molecule has 0 saturated carbocycles. The molecule has 0 atom stereocenters. The minimum absolute atomic E-state index is 0.216. The van der Waals surface area contributed by atoms with Gasteiger partial charge in [-0.25, -0.2) is 14.3 Å². The smallest absolute Gasteiger partial charge is 0.335 e. The van der Waals surface area contributed by atoms with Gasteiger partial charge < -0.3 is 10.4 Å². The van der Waals surface area contributed by atoms with E-state index in [-0.39, 0.29) is 5.56 Å². The SMILES string of the molecule is Cc1cc2c(NCc3cc(C(=O)O)ccn3)nccn2n1. The molecule has 0 amide bonds. The van der Waals surface area contributed by atoms with Crippen LogP contribution in [0.2, 0.25) is 0 Å². The molecule has 21 heavy (non-hydrogen) atoms. The average molecular weight is 283 g/mol. The Kier molecular flexibility index (Phi) is 3.23. The summed E-state index contributed by atoms with van der Waals surface area (Å²) >= 11 is 0. The first-order chi connectivity index (χ1) is 10.1. The number of nitrogens with zero attached hydrogens (tertiary/aromatic N) is 4. The van der Waals surface area contributed by atoms with Crippen LogP contribution in [0.3, 0.4) is 0 Å². The van der Waals surface area contributed by atoms with E-state index in [1.54, 1.807) is 16.9 Å². The van der Waals surface area contributed by atoms with Gasteiger partial charge in [-0.2, -0.15) is 5.10 Å². The normalized spacial score (nSPS) is 10.7. The highest BCUT2D eigenvalue weighted by atomic mass is 16.4. The number of rotatable bonds is 4. The second-order valence-corrected chi connectivity index (χ2v) is 4.59. The van der Waals surface area contributed by atoms with Crippen LogP contribution in [-0.4, -0.2) is 30.7 Å². The number of carboxylic acids is 1. The third kappa shape index (κ3) is 2.66. The van der Waals surface area contributed by atoms with Crippen LogP contribution in [-0.2, 0) is 6.54 Å². The molecule has 0 aliphatic heterocycles. The topological polar surface area (TPSA) is 92.4 Å². The molecular weight excluding hydrogens is 270 g/mol. The van der Waals surface area contributed by atoms with Crippen LogP contribution < -0.4 is 5.32 Å². The van der Waals surface area contributed by atoms with Crippen molar-refractivity contribution in [2.75, 3.05) is 5.32 Å². The zero-order valence-corrected chi connectivity index (χ0v) is 11.3. The van der Waals surface area contributed by atoms with Crippen LogP contribution in [0.15, 0.2) is 36.8 Å². The van der Waals surface area contributed by atoms with Crippen LogP contribution in [0.25, 0.3) is 5.52 Å². The molecule has 2 N–H and O–H groups in total. The molecule has 0 fully saturated rings. The monoisotopic (exact) mass is 283 g/mol. The molecule has 0 aliphatic rings. The minimum Gasteiger partial charge on any atom is -0.478 e. The summed E-state index contributed by atoms with van der Waals surface area (Å²) in [6.07, 6.45) is 4.91. The van der Waals surface area contributed by atoms with E-state index in [9.17, 15) is 4.79 Å². The van der Waals surface area contributed by atoms with E-state index in [0.717, 1.165) is 11.2 Å². The van der Waals surface area contributed by atoms with Crippen LogP contribution in [0.1, 0.15) is 21.7 Å². The number of pyridine rings is 1. The number of hydrogen-bond acceptors (Lipinski definition) is 5. The molecule has 0 saturated heterocycles. The number of anilines is 1. The summed E-state index contributed by atoms with van der Waals surface area (Å²) in [6.45, 7) is 2.30. The Hall–Kier alpha value is -2.96. The van der Waals surface area contributed by atoms with Crippen molar-refractivity contribution >= 4 is 17.3 Å². The molecule has 3 rings (SSSR count). The Morgan fingerprint density at radius 1 is 1.33 bits per heavy atom. The Bertz CT molecular complexity index is 812. The maximum Gasteiger partial charge on any atom is 0.335 e. The van der Waals surface area contributed by atoms with Gasteiger partial charge in [0.25, 0.3) is 0 Å². The lowest BCUT2D eigenvalue weighted by molar-refractivity contribution is 0.0696. The second-order valence-electron chi connectivity index (χ2n) is 4.59. The quantitative estimate of drug-likeness (QED) is 0.757. The van der Waals surface area contributed by atoms with Crippen molar-refractivity contribution in [1.82, 2.24) is 19.6 Å². The van der Waals surface area contributed by atoms with Crippen LogP contribution in [0, 0.1) is 6.92 Å². The van der Waals surface area contributed by atoms with Crippen LogP contribution >= 0.6 is 0 Å². The summed E-state index contributed by atoms with van der Waals surface area (Å²) < 4.78 is 1.74. The lowest BCUT2D eigenvalue weighted by Crippen LogP contribution is -2.06. The standard InChI is InChI=1S/C14H13N5O2/c1-9-6-12-13(16-4-5-19(12)18-9)17-8-11-7-10(14(20)21)2-3-15-11/h2-7H,8H2,1H3,(H,16,17)(H,20,21). The fourth-order valence-electron chi connectivity index (χ4n) is 2.06. The van der Waals surface area contributed by atoms with Crippen molar-refractivity contribution in [3.05, 3.63) is 53.7 Å². The van der Waals surface area contributed by atoms with Gasteiger partial charge in [-0.15, -0.1) is 0 Å². The highest BCUT2D eigenvalue weighted by molar-refractivity contribution is 5.87. The molecule has 3 aromatic heterocycles. The van der Waals surface area contributed by atoms with Crippen LogP contribution in [0.5, 0.6) is 0 Å². The third-order valence-corrected chi connectivity index (χ3v) is 3.01. The Balaban J connectivity index is 1.83. The highest BCUT2D eigenvalue weighted by Crippen LogP contribution is 2.15. The minimum atomic E-state index is -0.967. The summed E-state index contributed by atoms with van der Waals surface area (Å²) in [5, 5.41) is 16.4. The first kappa shape index (κ1) is 13.0. The van der Waals surface area contributed by atoms with Crippen molar-refractivity contribution in [2.24, 2.45) is 0 Å². The van der Waals surface area contributed by atoms with Crippen molar-refractivity contribution in [1.29, 1.82) is 0 Å². The van der Waals surface area contributed by atoms with Gasteiger partial charge in [-0.1, -0.05) is 0 Å². The van der Waals surface area contributed by atoms with E-state index in [4.69, 9.17) is 5.11 Å². The van der Waals surface area contributed by atoms with Crippen molar-refractivity contribution in [3.63, 3.8) is 0 Å².